The Morgan fingerprint density at radius 1 is 1.21 bits per heavy atom. The molecule has 0 aliphatic heterocycles. The van der Waals surface area contributed by atoms with Crippen LogP contribution in [0.15, 0.2) is 73.3 Å². The molecule has 4 aromatic rings. The van der Waals surface area contributed by atoms with Crippen molar-refractivity contribution in [2.45, 2.75) is 18.7 Å². The van der Waals surface area contributed by atoms with Crippen LogP contribution in [0.2, 0.25) is 0 Å². The lowest BCUT2D eigenvalue weighted by molar-refractivity contribution is 1.07. The van der Waals surface area contributed by atoms with Crippen LogP contribution < -0.4 is 10.6 Å². The number of fused-ring (bicyclic) bond motifs is 8. The molecule has 0 bridgehead atoms. The van der Waals surface area contributed by atoms with E-state index in [0.717, 1.165) is 39.6 Å². The van der Waals surface area contributed by atoms with E-state index in [4.69, 9.17) is 16.6 Å². The zero-order valence-corrected chi connectivity index (χ0v) is 17.0. The molecule has 0 saturated heterocycles. The molecule has 2 aromatic heterocycles. The van der Waals surface area contributed by atoms with Crippen LogP contribution in [-0.4, -0.2) is 14.8 Å². The topological polar surface area (TPSA) is 17.3 Å². The van der Waals surface area contributed by atoms with Gasteiger partial charge in [-0.25, -0.2) is 4.98 Å². The van der Waals surface area contributed by atoms with Gasteiger partial charge in [0.2, 0.25) is 0 Å². The molecule has 1 unspecified atom stereocenters. The highest BCUT2D eigenvalue weighted by Crippen LogP contribution is 2.25. The second-order valence-corrected chi connectivity index (χ2v) is 7.85. The van der Waals surface area contributed by atoms with Gasteiger partial charge in [0.1, 0.15) is 5.65 Å². The molecule has 2 nitrogen and oxygen atoms in total. The van der Waals surface area contributed by atoms with Crippen LogP contribution in [0.3, 0.4) is 0 Å². The maximum absolute atomic E-state index is 6.54. The molecule has 1 aliphatic carbocycles. The van der Waals surface area contributed by atoms with E-state index in [-0.39, 0.29) is 5.38 Å². The first kappa shape index (κ1) is 18.0. The maximum atomic E-state index is 6.54. The lowest BCUT2D eigenvalue weighted by Gasteiger charge is -2.13. The summed E-state index contributed by atoms with van der Waals surface area (Å²) in [7, 11) is 0. The Balaban J connectivity index is 1.97. The Bertz CT molecular complexity index is 1470. The summed E-state index contributed by atoms with van der Waals surface area (Å²) in [4.78, 5) is 4.96. The van der Waals surface area contributed by atoms with Gasteiger partial charge in [-0.1, -0.05) is 61.2 Å². The smallest absolute Gasteiger partial charge is 0.146 e. The third kappa shape index (κ3) is 2.83. The number of allylic oxidation sites excluding steroid dienone is 5. The minimum absolute atomic E-state index is 0.000895. The molecule has 2 aromatic carbocycles. The first-order valence-corrected chi connectivity index (χ1v) is 10.3. The number of alkyl halides is 1. The molecule has 29 heavy (non-hydrogen) atoms. The van der Waals surface area contributed by atoms with Crippen molar-refractivity contribution >= 4 is 56.8 Å². The fourth-order valence-corrected chi connectivity index (χ4v) is 4.40. The molecule has 0 fully saturated rings. The van der Waals surface area contributed by atoms with Crippen LogP contribution in [0.5, 0.6) is 0 Å². The summed E-state index contributed by atoms with van der Waals surface area (Å²) in [5.41, 5.74) is 5.35. The van der Waals surface area contributed by atoms with E-state index >= 15 is 0 Å². The van der Waals surface area contributed by atoms with E-state index in [9.17, 15) is 0 Å². The number of aromatic nitrogens is 2. The normalized spacial score (nSPS) is 16.9. The van der Waals surface area contributed by atoms with Crippen molar-refractivity contribution in [3.63, 3.8) is 0 Å². The highest BCUT2D eigenvalue weighted by Gasteiger charge is 2.15. The summed E-state index contributed by atoms with van der Waals surface area (Å²) in [5, 5.41) is 4.66. The maximum Gasteiger partial charge on any atom is 0.146 e. The van der Waals surface area contributed by atoms with E-state index < -0.39 is 0 Å². The second kappa shape index (κ2) is 7.06. The lowest BCUT2D eigenvalue weighted by Crippen LogP contribution is -2.36. The van der Waals surface area contributed by atoms with Crippen molar-refractivity contribution in [3.05, 3.63) is 89.5 Å². The van der Waals surface area contributed by atoms with Crippen LogP contribution in [0.25, 0.3) is 45.2 Å². The third-order valence-electron chi connectivity index (χ3n) is 5.53. The molecule has 1 aliphatic rings. The number of hydrogen-bond donors (Lipinski definition) is 0. The summed E-state index contributed by atoms with van der Waals surface area (Å²) < 4.78 is 2.27. The van der Waals surface area contributed by atoms with Gasteiger partial charge in [0, 0.05) is 10.6 Å². The first-order chi connectivity index (χ1) is 14.2. The Hall–Kier alpha value is -3.10. The Morgan fingerprint density at radius 2 is 2.07 bits per heavy atom. The van der Waals surface area contributed by atoms with Crippen molar-refractivity contribution in [2.75, 3.05) is 0 Å². The van der Waals surface area contributed by atoms with Crippen molar-refractivity contribution < 1.29 is 0 Å². The first-order valence-electron chi connectivity index (χ1n) is 9.86. The minimum atomic E-state index is -0.000895. The SMILES string of the molecule is C=C/C(=C\C=C/C)c1ccc2c(c1)c1c(n3c4ccccc4nc23)=CCC(Cl)C=1. The molecule has 0 N–H and O–H groups in total. The quantitative estimate of drug-likeness (QED) is 0.336. The van der Waals surface area contributed by atoms with Crippen molar-refractivity contribution in [1.82, 2.24) is 9.38 Å². The Morgan fingerprint density at radius 3 is 2.90 bits per heavy atom. The molecule has 1 atom stereocenters. The van der Waals surface area contributed by atoms with E-state index in [1.165, 1.54) is 16.0 Å². The lowest BCUT2D eigenvalue weighted by atomic mass is 9.98. The molecule has 0 saturated carbocycles. The van der Waals surface area contributed by atoms with Gasteiger partial charge in [0.25, 0.3) is 0 Å². The predicted octanol–water partition coefficient (Wildman–Crippen LogP) is 5.36. The summed E-state index contributed by atoms with van der Waals surface area (Å²) in [5.74, 6) is 0. The van der Waals surface area contributed by atoms with E-state index in [0.29, 0.717) is 0 Å². The van der Waals surface area contributed by atoms with Gasteiger partial charge in [-0.05, 0) is 54.1 Å². The molecule has 142 valence electrons. The molecule has 5 rings (SSSR count). The van der Waals surface area contributed by atoms with Gasteiger partial charge >= 0.3 is 0 Å². The van der Waals surface area contributed by atoms with Gasteiger partial charge in [-0.15, -0.1) is 11.6 Å². The van der Waals surface area contributed by atoms with Gasteiger partial charge in [0.15, 0.2) is 0 Å². The van der Waals surface area contributed by atoms with E-state index in [2.05, 4.69) is 65.6 Å². The highest BCUT2D eigenvalue weighted by molar-refractivity contribution is 6.24. The number of halogens is 1. The number of benzene rings is 2. The number of rotatable bonds is 3. The van der Waals surface area contributed by atoms with Gasteiger partial charge in [-0.2, -0.15) is 0 Å². The average molecular weight is 397 g/mol. The zero-order chi connectivity index (χ0) is 20.0. The van der Waals surface area contributed by atoms with Gasteiger partial charge in [-0.3, -0.25) is 4.40 Å². The zero-order valence-electron chi connectivity index (χ0n) is 16.3. The summed E-state index contributed by atoms with van der Waals surface area (Å²) in [6.07, 6.45) is 13.3. The number of imidazole rings is 1. The summed E-state index contributed by atoms with van der Waals surface area (Å²) in [6, 6.07) is 14.9. The Labute approximate surface area is 174 Å². The highest BCUT2D eigenvalue weighted by atomic mass is 35.5. The third-order valence-corrected chi connectivity index (χ3v) is 5.84. The fourth-order valence-electron chi connectivity index (χ4n) is 4.18. The Kier molecular flexibility index (Phi) is 4.37. The van der Waals surface area contributed by atoms with E-state index in [1.54, 1.807) is 0 Å². The monoisotopic (exact) mass is 396 g/mol. The van der Waals surface area contributed by atoms with Crippen molar-refractivity contribution in [1.29, 1.82) is 0 Å². The number of hydrogen-bond acceptors (Lipinski definition) is 1. The molecule has 2 heterocycles. The summed E-state index contributed by atoms with van der Waals surface area (Å²) in [6.45, 7) is 6.01. The fraction of sp³-hybridized carbons (Fsp3) is 0.115. The summed E-state index contributed by atoms with van der Waals surface area (Å²) >= 11 is 6.54. The second-order valence-electron chi connectivity index (χ2n) is 7.29. The van der Waals surface area contributed by atoms with Gasteiger partial charge in [0.05, 0.1) is 21.8 Å². The number of nitrogens with zero attached hydrogens (tertiary/aromatic N) is 2. The predicted molar refractivity (Wildman–Crippen MR) is 126 cm³/mol. The van der Waals surface area contributed by atoms with Crippen molar-refractivity contribution in [3.8, 4) is 0 Å². The molecule has 0 spiro atoms. The van der Waals surface area contributed by atoms with Crippen LogP contribution >= 0.6 is 11.6 Å². The van der Waals surface area contributed by atoms with E-state index in [1.807, 2.05) is 31.2 Å². The van der Waals surface area contributed by atoms with Crippen LogP contribution in [0.1, 0.15) is 18.9 Å². The van der Waals surface area contributed by atoms with Crippen molar-refractivity contribution in [2.24, 2.45) is 0 Å². The van der Waals surface area contributed by atoms with Gasteiger partial charge < -0.3 is 0 Å². The largest absolute Gasteiger partial charge is 0.292 e. The van der Waals surface area contributed by atoms with Crippen LogP contribution in [0.4, 0.5) is 0 Å². The molecule has 3 heteroatoms. The molecular formula is C26H21ClN2. The van der Waals surface area contributed by atoms with Crippen LogP contribution in [-0.2, 0) is 0 Å². The number of pyridine rings is 1. The molecule has 0 radical (unpaired) electrons. The van der Waals surface area contributed by atoms with Crippen LogP contribution in [0, 0.1) is 0 Å². The number of para-hydroxylation sites is 2. The average Bonchev–Trinajstić information content (AvgIpc) is 3.14. The standard InChI is InChI=1S/C26H21ClN2/c1-3-5-8-17(4-2)18-11-13-20-21(15-18)22-16-19(27)12-14-24(22)29-25-10-7-6-9-23(25)28-26(20)29/h3-11,13-16,19H,2,12H2,1H3/b5-3-,17-8+. The molecular weight excluding hydrogens is 376 g/mol. The molecule has 0 amide bonds. The minimum Gasteiger partial charge on any atom is -0.292 e.